The van der Waals surface area contributed by atoms with Crippen LogP contribution in [-0.2, 0) is 4.79 Å². The van der Waals surface area contributed by atoms with Crippen LogP contribution in [0.3, 0.4) is 0 Å². The molecule has 2 N–H and O–H groups in total. The van der Waals surface area contributed by atoms with Gasteiger partial charge in [0.2, 0.25) is 11.7 Å². The Kier molecular flexibility index (Phi) is 4.60. The second-order valence-corrected chi connectivity index (χ2v) is 5.41. The van der Waals surface area contributed by atoms with Gasteiger partial charge in [-0.05, 0) is 43.9 Å². The molecule has 1 amide bonds. The highest BCUT2D eigenvalue weighted by molar-refractivity contribution is 6.28. The molecule has 1 aliphatic carbocycles. The number of halogens is 1. The van der Waals surface area contributed by atoms with Crippen LogP contribution >= 0.6 is 11.6 Å². The van der Waals surface area contributed by atoms with Gasteiger partial charge < -0.3 is 10.3 Å². The van der Waals surface area contributed by atoms with Crippen molar-refractivity contribution in [3.05, 3.63) is 22.7 Å². The van der Waals surface area contributed by atoms with Crippen molar-refractivity contribution in [2.24, 2.45) is 5.73 Å². The molecular formula is C14H19ClN4O. The van der Waals surface area contributed by atoms with Crippen LogP contribution in [0.5, 0.6) is 0 Å². The molecule has 1 saturated carbocycles. The number of rotatable bonds is 1. The van der Waals surface area contributed by atoms with Crippen molar-refractivity contribution < 1.29 is 4.79 Å². The molecule has 0 aliphatic heterocycles. The maximum atomic E-state index is 8.58. The summed E-state index contributed by atoms with van der Waals surface area (Å²) in [5, 5.41) is 1.52. The SMILES string of the molecule is Cc1cn(C2CCCC2)c2nc(Cl)nc(C)c12.NC=O. The molecule has 5 nitrogen and oxygen atoms in total. The summed E-state index contributed by atoms with van der Waals surface area (Å²) in [6.07, 6.45) is 7.61. The molecule has 0 spiro atoms. The summed E-state index contributed by atoms with van der Waals surface area (Å²) in [4.78, 5) is 17.2. The average Bonchev–Trinajstić information content (AvgIpc) is 2.97. The largest absolute Gasteiger partial charge is 0.372 e. The Bertz CT molecular complexity index is 617. The molecule has 6 heteroatoms. The first-order valence-electron chi connectivity index (χ1n) is 6.75. The smallest absolute Gasteiger partial charge is 0.224 e. The number of hydrogen-bond acceptors (Lipinski definition) is 3. The predicted octanol–water partition coefficient (Wildman–Crippen LogP) is 2.92. The third-order valence-corrected chi connectivity index (χ3v) is 3.90. The molecule has 0 unspecified atom stereocenters. The predicted molar refractivity (Wildman–Crippen MR) is 79.8 cm³/mol. The summed E-state index contributed by atoms with van der Waals surface area (Å²) in [6.45, 7) is 4.12. The van der Waals surface area contributed by atoms with Crippen molar-refractivity contribution in [1.82, 2.24) is 14.5 Å². The van der Waals surface area contributed by atoms with Crippen LogP contribution in [0.15, 0.2) is 6.20 Å². The van der Waals surface area contributed by atoms with E-state index < -0.39 is 0 Å². The van der Waals surface area contributed by atoms with Crippen LogP contribution in [0.2, 0.25) is 5.28 Å². The molecule has 1 fully saturated rings. The number of amides is 1. The molecule has 0 aromatic carbocycles. The van der Waals surface area contributed by atoms with Crippen LogP contribution in [0.25, 0.3) is 11.0 Å². The zero-order chi connectivity index (χ0) is 14.7. The fourth-order valence-corrected chi connectivity index (χ4v) is 3.17. The molecule has 108 valence electrons. The van der Waals surface area contributed by atoms with E-state index in [2.05, 4.69) is 33.4 Å². The van der Waals surface area contributed by atoms with E-state index in [9.17, 15) is 0 Å². The van der Waals surface area contributed by atoms with E-state index in [0.29, 0.717) is 11.3 Å². The molecule has 3 rings (SSSR count). The van der Waals surface area contributed by atoms with E-state index >= 15 is 0 Å². The van der Waals surface area contributed by atoms with E-state index in [4.69, 9.17) is 16.4 Å². The molecule has 2 heterocycles. The van der Waals surface area contributed by atoms with Gasteiger partial charge in [-0.25, -0.2) is 4.98 Å². The number of hydrogen-bond donors (Lipinski definition) is 1. The van der Waals surface area contributed by atoms with Gasteiger partial charge in [0.1, 0.15) is 5.65 Å². The highest BCUT2D eigenvalue weighted by Gasteiger charge is 2.21. The van der Waals surface area contributed by atoms with Crippen LogP contribution < -0.4 is 5.73 Å². The minimum absolute atomic E-state index is 0.250. The van der Waals surface area contributed by atoms with Gasteiger partial charge in [0, 0.05) is 17.6 Å². The first kappa shape index (κ1) is 14.8. The fraction of sp³-hybridized carbons (Fsp3) is 0.500. The Morgan fingerprint density at radius 1 is 1.35 bits per heavy atom. The van der Waals surface area contributed by atoms with Crippen molar-refractivity contribution >= 4 is 29.0 Å². The summed E-state index contributed by atoms with van der Waals surface area (Å²) in [6, 6.07) is 0.594. The Hall–Kier alpha value is -1.62. The number of nitrogens with two attached hydrogens (primary N) is 1. The molecule has 1 aliphatic rings. The normalized spacial score (nSPS) is 15.2. The van der Waals surface area contributed by atoms with Crippen LogP contribution in [0, 0.1) is 13.8 Å². The first-order chi connectivity index (χ1) is 9.58. The van der Waals surface area contributed by atoms with E-state index in [1.807, 2.05) is 6.92 Å². The van der Waals surface area contributed by atoms with Crippen molar-refractivity contribution in [2.75, 3.05) is 0 Å². The molecular weight excluding hydrogens is 276 g/mol. The minimum atomic E-state index is 0.250. The molecule has 0 radical (unpaired) electrons. The number of carbonyl (C=O) groups is 1. The van der Waals surface area contributed by atoms with Gasteiger partial charge in [-0.3, -0.25) is 4.79 Å². The lowest BCUT2D eigenvalue weighted by Crippen LogP contribution is -2.04. The van der Waals surface area contributed by atoms with Crippen molar-refractivity contribution in [2.45, 2.75) is 45.6 Å². The van der Waals surface area contributed by atoms with E-state index in [-0.39, 0.29) is 6.41 Å². The second kappa shape index (κ2) is 6.22. The summed E-state index contributed by atoms with van der Waals surface area (Å²) >= 11 is 5.98. The van der Waals surface area contributed by atoms with Crippen molar-refractivity contribution in [3.63, 3.8) is 0 Å². The van der Waals surface area contributed by atoms with Gasteiger partial charge in [-0.2, -0.15) is 4.98 Å². The fourth-order valence-electron chi connectivity index (χ4n) is 2.97. The summed E-state index contributed by atoms with van der Waals surface area (Å²) in [5.74, 6) is 0. The molecule has 2 aromatic heterocycles. The van der Waals surface area contributed by atoms with Crippen LogP contribution in [0.1, 0.15) is 43.0 Å². The molecule has 0 saturated heterocycles. The van der Waals surface area contributed by atoms with Crippen molar-refractivity contribution in [3.8, 4) is 0 Å². The lowest BCUT2D eigenvalue weighted by Gasteiger charge is -2.12. The Morgan fingerprint density at radius 3 is 2.55 bits per heavy atom. The number of fused-ring (bicyclic) bond motifs is 1. The Morgan fingerprint density at radius 2 is 1.95 bits per heavy atom. The van der Waals surface area contributed by atoms with Crippen LogP contribution in [-0.4, -0.2) is 20.9 Å². The number of aromatic nitrogens is 3. The zero-order valence-corrected chi connectivity index (χ0v) is 12.5. The van der Waals surface area contributed by atoms with Gasteiger partial charge >= 0.3 is 0 Å². The van der Waals surface area contributed by atoms with Gasteiger partial charge in [-0.15, -0.1) is 0 Å². The second-order valence-electron chi connectivity index (χ2n) is 5.07. The number of nitrogens with zero attached hydrogens (tertiary/aromatic N) is 3. The standard InChI is InChI=1S/C13H16ClN3.CH3NO/c1-8-7-17(10-5-3-4-6-10)12-11(8)9(2)15-13(14)16-12;2-1-3/h7,10H,3-6H2,1-2H3;1H,(H2,2,3). The van der Waals surface area contributed by atoms with Gasteiger partial charge in [-0.1, -0.05) is 12.8 Å². The minimum Gasteiger partial charge on any atom is -0.372 e. The monoisotopic (exact) mass is 294 g/mol. The lowest BCUT2D eigenvalue weighted by atomic mass is 10.2. The number of carbonyl (C=O) groups excluding carboxylic acids is 1. The Labute approximate surface area is 123 Å². The zero-order valence-electron chi connectivity index (χ0n) is 11.8. The third kappa shape index (κ3) is 2.77. The third-order valence-electron chi connectivity index (χ3n) is 3.73. The molecule has 20 heavy (non-hydrogen) atoms. The average molecular weight is 295 g/mol. The van der Waals surface area contributed by atoms with Gasteiger partial charge in [0.25, 0.3) is 0 Å². The van der Waals surface area contributed by atoms with E-state index in [0.717, 1.165) is 11.3 Å². The number of primary amides is 1. The number of aryl methyl sites for hydroxylation is 2. The molecule has 0 bridgehead atoms. The highest BCUT2D eigenvalue weighted by Crippen LogP contribution is 2.34. The summed E-state index contributed by atoms with van der Waals surface area (Å²) < 4.78 is 2.30. The summed E-state index contributed by atoms with van der Waals surface area (Å²) in [5.41, 5.74) is 7.40. The molecule has 2 aromatic rings. The van der Waals surface area contributed by atoms with E-state index in [1.54, 1.807) is 0 Å². The summed E-state index contributed by atoms with van der Waals surface area (Å²) in [7, 11) is 0. The Balaban J connectivity index is 0.000000452. The molecule has 0 atom stereocenters. The quantitative estimate of drug-likeness (QED) is 0.649. The topological polar surface area (TPSA) is 73.8 Å². The van der Waals surface area contributed by atoms with Crippen LogP contribution in [0.4, 0.5) is 0 Å². The maximum absolute atomic E-state index is 8.58. The lowest BCUT2D eigenvalue weighted by molar-refractivity contribution is -0.106. The van der Waals surface area contributed by atoms with Gasteiger partial charge in [0.05, 0.1) is 5.69 Å². The van der Waals surface area contributed by atoms with Gasteiger partial charge in [0.15, 0.2) is 0 Å². The first-order valence-corrected chi connectivity index (χ1v) is 7.13. The van der Waals surface area contributed by atoms with Crippen molar-refractivity contribution in [1.29, 1.82) is 0 Å². The van der Waals surface area contributed by atoms with E-state index in [1.165, 1.54) is 36.6 Å². The highest BCUT2D eigenvalue weighted by atomic mass is 35.5. The maximum Gasteiger partial charge on any atom is 0.224 e.